The van der Waals surface area contributed by atoms with Gasteiger partial charge in [-0.15, -0.1) is 6.58 Å². The maximum absolute atomic E-state index is 12.4. The van der Waals surface area contributed by atoms with Gasteiger partial charge in [-0.1, -0.05) is 55.7 Å². The number of hydrogen-bond donors (Lipinski definition) is 0. The van der Waals surface area contributed by atoms with E-state index in [0.717, 1.165) is 63.4 Å². The van der Waals surface area contributed by atoms with Crippen LogP contribution in [0.15, 0.2) is 48.1 Å². The van der Waals surface area contributed by atoms with Crippen LogP contribution in [-0.2, 0) is 4.79 Å². The highest BCUT2D eigenvalue weighted by Crippen LogP contribution is 2.21. The molecule has 1 rings (SSSR count). The molecule has 1 aliphatic rings. The van der Waals surface area contributed by atoms with Crippen LogP contribution in [0.25, 0.3) is 0 Å². The zero-order valence-corrected chi connectivity index (χ0v) is 14.4. The summed E-state index contributed by atoms with van der Waals surface area (Å²) >= 11 is 0. The lowest BCUT2D eigenvalue weighted by atomic mass is 9.88. The van der Waals surface area contributed by atoms with Crippen molar-refractivity contribution in [3.05, 3.63) is 48.1 Å². The van der Waals surface area contributed by atoms with Crippen LogP contribution >= 0.6 is 0 Å². The Morgan fingerprint density at radius 3 is 2.82 bits per heavy atom. The third-order valence-corrected chi connectivity index (χ3v) is 4.15. The molecule has 0 saturated carbocycles. The van der Waals surface area contributed by atoms with Gasteiger partial charge < -0.3 is 0 Å². The minimum atomic E-state index is 0.206. The molecular formula is C21H32O. The highest BCUT2D eigenvalue weighted by atomic mass is 16.1. The van der Waals surface area contributed by atoms with Gasteiger partial charge in [0.15, 0.2) is 0 Å². The van der Waals surface area contributed by atoms with E-state index in [1.54, 1.807) is 0 Å². The lowest BCUT2D eigenvalue weighted by Crippen LogP contribution is -2.15. The first kappa shape index (κ1) is 18.7. The Kier molecular flexibility index (Phi) is 9.54. The molecule has 0 heterocycles. The first-order valence-corrected chi connectivity index (χ1v) is 8.82. The van der Waals surface area contributed by atoms with Crippen molar-refractivity contribution in [2.75, 3.05) is 0 Å². The topological polar surface area (TPSA) is 17.1 Å². The van der Waals surface area contributed by atoms with E-state index in [2.05, 4.69) is 43.9 Å². The second-order valence-electron chi connectivity index (χ2n) is 6.48. The van der Waals surface area contributed by atoms with Crippen LogP contribution in [0.5, 0.6) is 0 Å². The van der Waals surface area contributed by atoms with E-state index >= 15 is 0 Å². The lowest BCUT2D eigenvalue weighted by Gasteiger charge is -2.15. The van der Waals surface area contributed by atoms with Crippen LogP contribution in [0.2, 0.25) is 0 Å². The quantitative estimate of drug-likeness (QED) is 0.322. The monoisotopic (exact) mass is 300 g/mol. The van der Waals surface area contributed by atoms with Crippen molar-refractivity contribution in [3.63, 3.8) is 0 Å². The molecule has 0 amide bonds. The van der Waals surface area contributed by atoms with E-state index in [1.807, 2.05) is 6.92 Å². The summed E-state index contributed by atoms with van der Waals surface area (Å²) < 4.78 is 0. The van der Waals surface area contributed by atoms with E-state index in [0.29, 0.717) is 5.78 Å². The van der Waals surface area contributed by atoms with Gasteiger partial charge in [-0.3, -0.25) is 4.79 Å². The Morgan fingerprint density at radius 2 is 2.09 bits per heavy atom. The van der Waals surface area contributed by atoms with Crippen LogP contribution in [0, 0.1) is 5.92 Å². The van der Waals surface area contributed by atoms with Crippen LogP contribution < -0.4 is 0 Å². The molecule has 22 heavy (non-hydrogen) atoms. The zero-order chi connectivity index (χ0) is 16.2. The van der Waals surface area contributed by atoms with Crippen molar-refractivity contribution in [2.24, 2.45) is 5.92 Å². The van der Waals surface area contributed by atoms with Crippen molar-refractivity contribution in [1.29, 1.82) is 0 Å². The minimum absolute atomic E-state index is 0.206. The fraction of sp³-hybridized carbons (Fsp3) is 0.571. The highest BCUT2D eigenvalue weighted by Gasteiger charge is 2.17. The molecule has 0 saturated heterocycles. The summed E-state index contributed by atoms with van der Waals surface area (Å²) in [6, 6.07) is 0. The third kappa shape index (κ3) is 8.17. The fourth-order valence-electron chi connectivity index (χ4n) is 2.87. The number of Topliss-reactive ketones (excluding diaryl/α,β-unsaturated/α-hetero) is 1. The van der Waals surface area contributed by atoms with Gasteiger partial charge in [0.05, 0.1) is 0 Å². The molecule has 0 aromatic carbocycles. The molecule has 0 bridgehead atoms. The smallest absolute Gasteiger partial charge is 0.136 e. The van der Waals surface area contributed by atoms with Gasteiger partial charge in [0, 0.05) is 12.3 Å². The SMILES string of the molecule is C=C(C)C[C@@H](CCCC)C(=O)CCCCC1=CC=CCC=C1. The standard InChI is InChI=1S/C21H32O/c1-4-5-15-20(17-18(2)3)21(22)16-11-10-14-19-12-8-6-7-9-13-19/h6,8-9,12-13,20H,2,4-5,7,10-11,14-17H2,1,3H3/t20-/m1/s1. The Bertz CT molecular complexity index is 437. The maximum atomic E-state index is 12.4. The first-order chi connectivity index (χ1) is 10.6. The molecule has 1 heteroatoms. The maximum Gasteiger partial charge on any atom is 0.136 e. The van der Waals surface area contributed by atoms with Gasteiger partial charge >= 0.3 is 0 Å². The molecule has 0 fully saturated rings. The summed E-state index contributed by atoms with van der Waals surface area (Å²) in [5.41, 5.74) is 2.51. The van der Waals surface area contributed by atoms with Crippen molar-refractivity contribution < 1.29 is 4.79 Å². The number of unbranched alkanes of at least 4 members (excludes halogenated alkanes) is 2. The second kappa shape index (κ2) is 11.2. The average Bonchev–Trinajstić information content (AvgIpc) is 2.76. The van der Waals surface area contributed by atoms with E-state index in [-0.39, 0.29) is 5.92 Å². The summed E-state index contributed by atoms with van der Waals surface area (Å²) in [5, 5.41) is 0. The molecule has 0 aromatic rings. The Labute approximate surface area is 136 Å². The normalized spacial score (nSPS) is 15.3. The van der Waals surface area contributed by atoms with E-state index < -0.39 is 0 Å². The van der Waals surface area contributed by atoms with Crippen LogP contribution in [0.3, 0.4) is 0 Å². The van der Waals surface area contributed by atoms with E-state index in [9.17, 15) is 4.79 Å². The summed E-state index contributed by atoms with van der Waals surface area (Å²) in [5.74, 6) is 0.652. The first-order valence-electron chi connectivity index (χ1n) is 8.82. The number of hydrogen-bond acceptors (Lipinski definition) is 1. The second-order valence-corrected chi connectivity index (χ2v) is 6.48. The third-order valence-electron chi connectivity index (χ3n) is 4.15. The summed E-state index contributed by atoms with van der Waals surface area (Å²) in [6.07, 6.45) is 20.1. The van der Waals surface area contributed by atoms with Crippen molar-refractivity contribution in [1.82, 2.24) is 0 Å². The largest absolute Gasteiger partial charge is 0.299 e. The van der Waals surface area contributed by atoms with Crippen LogP contribution in [-0.4, -0.2) is 5.78 Å². The number of ketones is 1. The number of rotatable bonds is 11. The summed E-state index contributed by atoms with van der Waals surface area (Å²) in [4.78, 5) is 12.4. The summed E-state index contributed by atoms with van der Waals surface area (Å²) in [6.45, 7) is 8.20. The fourth-order valence-corrected chi connectivity index (χ4v) is 2.87. The number of allylic oxidation sites excluding steroid dienone is 7. The van der Waals surface area contributed by atoms with Gasteiger partial charge in [-0.25, -0.2) is 0 Å². The predicted molar refractivity (Wildman–Crippen MR) is 96.9 cm³/mol. The minimum Gasteiger partial charge on any atom is -0.299 e. The molecule has 1 nitrogen and oxygen atoms in total. The number of carbonyl (C=O) groups excluding carboxylic acids is 1. The average molecular weight is 300 g/mol. The van der Waals surface area contributed by atoms with Gasteiger partial charge in [0.2, 0.25) is 0 Å². The van der Waals surface area contributed by atoms with Gasteiger partial charge in [0.25, 0.3) is 0 Å². The highest BCUT2D eigenvalue weighted by molar-refractivity contribution is 5.81. The molecule has 0 radical (unpaired) electrons. The molecule has 122 valence electrons. The van der Waals surface area contributed by atoms with Crippen LogP contribution in [0.4, 0.5) is 0 Å². The Hall–Kier alpha value is -1.37. The molecule has 0 N–H and O–H groups in total. The van der Waals surface area contributed by atoms with E-state index in [1.165, 1.54) is 5.57 Å². The van der Waals surface area contributed by atoms with E-state index in [4.69, 9.17) is 0 Å². The lowest BCUT2D eigenvalue weighted by molar-refractivity contribution is -0.123. The van der Waals surface area contributed by atoms with Gasteiger partial charge in [0.1, 0.15) is 5.78 Å². The Morgan fingerprint density at radius 1 is 1.27 bits per heavy atom. The predicted octanol–water partition coefficient (Wildman–Crippen LogP) is 6.33. The van der Waals surface area contributed by atoms with Gasteiger partial charge in [-0.2, -0.15) is 0 Å². The van der Waals surface area contributed by atoms with Crippen molar-refractivity contribution in [3.8, 4) is 0 Å². The van der Waals surface area contributed by atoms with Gasteiger partial charge in [-0.05, 0) is 51.0 Å². The van der Waals surface area contributed by atoms with Crippen molar-refractivity contribution in [2.45, 2.75) is 71.6 Å². The molecule has 0 unspecified atom stereocenters. The Balaban J connectivity index is 2.31. The molecule has 0 aliphatic heterocycles. The molecular weight excluding hydrogens is 268 g/mol. The summed E-state index contributed by atoms with van der Waals surface area (Å²) in [7, 11) is 0. The van der Waals surface area contributed by atoms with Crippen LogP contribution in [0.1, 0.15) is 71.6 Å². The van der Waals surface area contributed by atoms with Crippen molar-refractivity contribution >= 4 is 5.78 Å². The molecule has 1 atom stereocenters. The molecule has 1 aliphatic carbocycles. The molecule has 0 aromatic heterocycles. The molecule has 0 spiro atoms. The zero-order valence-electron chi connectivity index (χ0n) is 14.4. The number of carbonyl (C=O) groups is 1.